The van der Waals surface area contributed by atoms with Crippen LogP contribution >= 0.6 is 23.2 Å². The molecule has 1 saturated heterocycles. The molecule has 1 fully saturated rings. The van der Waals surface area contributed by atoms with Crippen molar-refractivity contribution in [3.8, 4) is 5.75 Å². The minimum Gasteiger partial charge on any atom is -0.491 e. The van der Waals surface area contributed by atoms with Gasteiger partial charge in [0.05, 0.1) is 5.02 Å². The van der Waals surface area contributed by atoms with Crippen molar-refractivity contribution in [3.05, 3.63) is 28.2 Å². The van der Waals surface area contributed by atoms with Crippen molar-refractivity contribution in [2.24, 2.45) is 0 Å². The minimum absolute atomic E-state index is 0.578. The molecule has 1 aliphatic rings. The van der Waals surface area contributed by atoms with E-state index in [1.54, 1.807) is 12.1 Å². The van der Waals surface area contributed by atoms with Gasteiger partial charge in [0, 0.05) is 11.6 Å². The second-order valence-corrected chi connectivity index (χ2v) is 4.82. The second kappa shape index (κ2) is 5.76. The quantitative estimate of drug-likeness (QED) is 0.821. The highest BCUT2D eigenvalue weighted by atomic mass is 35.5. The maximum Gasteiger partial charge on any atom is 0.138 e. The van der Waals surface area contributed by atoms with Gasteiger partial charge in [0.1, 0.15) is 12.4 Å². The molecule has 0 aromatic heterocycles. The Morgan fingerprint density at radius 1 is 1.19 bits per heavy atom. The fourth-order valence-electron chi connectivity index (χ4n) is 1.88. The van der Waals surface area contributed by atoms with Crippen LogP contribution in [-0.4, -0.2) is 31.1 Å². The Labute approximate surface area is 106 Å². The van der Waals surface area contributed by atoms with E-state index in [0.717, 1.165) is 6.54 Å². The van der Waals surface area contributed by atoms with Gasteiger partial charge in [-0.2, -0.15) is 0 Å². The lowest BCUT2D eigenvalue weighted by atomic mass is 10.3. The Kier molecular flexibility index (Phi) is 4.33. The Hall–Kier alpha value is -0.440. The van der Waals surface area contributed by atoms with Crippen LogP contribution in [0.15, 0.2) is 18.2 Å². The highest BCUT2D eigenvalue weighted by molar-refractivity contribution is 6.35. The van der Waals surface area contributed by atoms with Crippen LogP contribution in [0.3, 0.4) is 0 Å². The fourth-order valence-corrected chi connectivity index (χ4v) is 2.35. The summed E-state index contributed by atoms with van der Waals surface area (Å²) in [6.07, 6.45) is 2.61. The number of hydrogen-bond acceptors (Lipinski definition) is 2. The Balaban J connectivity index is 1.80. The number of hydrogen-bond donors (Lipinski definition) is 0. The zero-order valence-corrected chi connectivity index (χ0v) is 10.6. The molecule has 1 aromatic rings. The standard InChI is InChI=1S/C12H15Cl2NO/c13-10-3-4-12(11(14)9-10)16-8-7-15-5-1-2-6-15/h3-4,9H,1-2,5-8H2. The summed E-state index contributed by atoms with van der Waals surface area (Å²) in [4.78, 5) is 2.41. The molecule has 1 heterocycles. The smallest absolute Gasteiger partial charge is 0.138 e. The normalized spacial score (nSPS) is 16.6. The molecule has 0 saturated carbocycles. The van der Waals surface area contributed by atoms with Crippen LogP contribution in [-0.2, 0) is 0 Å². The van der Waals surface area contributed by atoms with E-state index < -0.39 is 0 Å². The van der Waals surface area contributed by atoms with Crippen LogP contribution in [0.4, 0.5) is 0 Å². The molecule has 0 atom stereocenters. The van der Waals surface area contributed by atoms with Gasteiger partial charge in [-0.05, 0) is 44.1 Å². The van der Waals surface area contributed by atoms with Gasteiger partial charge >= 0.3 is 0 Å². The summed E-state index contributed by atoms with van der Waals surface area (Å²) in [6.45, 7) is 4.04. The van der Waals surface area contributed by atoms with Crippen LogP contribution in [0.1, 0.15) is 12.8 Å². The molecule has 1 aromatic carbocycles. The highest BCUT2D eigenvalue weighted by Crippen LogP contribution is 2.27. The van der Waals surface area contributed by atoms with Gasteiger partial charge in [0.25, 0.3) is 0 Å². The lowest BCUT2D eigenvalue weighted by Gasteiger charge is -2.15. The summed E-state index contributed by atoms with van der Waals surface area (Å²) < 4.78 is 5.62. The second-order valence-electron chi connectivity index (χ2n) is 3.97. The maximum absolute atomic E-state index is 6.00. The molecular weight excluding hydrogens is 245 g/mol. The van der Waals surface area contributed by atoms with E-state index in [4.69, 9.17) is 27.9 Å². The Morgan fingerprint density at radius 3 is 2.62 bits per heavy atom. The number of nitrogens with zero attached hydrogens (tertiary/aromatic N) is 1. The largest absolute Gasteiger partial charge is 0.491 e. The first-order chi connectivity index (χ1) is 7.75. The van der Waals surface area contributed by atoms with E-state index in [1.807, 2.05) is 6.07 Å². The van der Waals surface area contributed by atoms with E-state index in [0.29, 0.717) is 22.4 Å². The first-order valence-electron chi connectivity index (χ1n) is 5.56. The summed E-state index contributed by atoms with van der Waals surface area (Å²) in [5.41, 5.74) is 0. The van der Waals surface area contributed by atoms with Gasteiger partial charge in [-0.25, -0.2) is 0 Å². The van der Waals surface area contributed by atoms with Gasteiger partial charge < -0.3 is 4.74 Å². The molecule has 0 spiro atoms. The summed E-state index contributed by atoms with van der Waals surface area (Å²) in [6, 6.07) is 5.31. The molecule has 88 valence electrons. The SMILES string of the molecule is Clc1ccc(OCCN2CCCC2)c(Cl)c1. The molecule has 2 nitrogen and oxygen atoms in total. The first kappa shape index (κ1) is 12.0. The summed E-state index contributed by atoms with van der Waals surface area (Å²) >= 11 is 11.8. The third kappa shape index (κ3) is 3.27. The Morgan fingerprint density at radius 2 is 1.94 bits per heavy atom. The van der Waals surface area contributed by atoms with Crippen LogP contribution < -0.4 is 4.74 Å². The van der Waals surface area contributed by atoms with Crippen molar-refractivity contribution >= 4 is 23.2 Å². The average molecular weight is 260 g/mol. The third-order valence-corrected chi connectivity index (χ3v) is 3.29. The van der Waals surface area contributed by atoms with Crippen LogP contribution in [0, 0.1) is 0 Å². The lowest BCUT2D eigenvalue weighted by molar-refractivity contribution is 0.238. The number of likely N-dealkylation sites (tertiary alicyclic amines) is 1. The van der Waals surface area contributed by atoms with Crippen LogP contribution in [0.25, 0.3) is 0 Å². The monoisotopic (exact) mass is 259 g/mol. The molecule has 0 bridgehead atoms. The van der Waals surface area contributed by atoms with Crippen molar-refractivity contribution < 1.29 is 4.74 Å². The predicted octanol–water partition coefficient (Wildman–Crippen LogP) is 3.47. The van der Waals surface area contributed by atoms with E-state index >= 15 is 0 Å². The van der Waals surface area contributed by atoms with Crippen molar-refractivity contribution in [2.45, 2.75) is 12.8 Å². The average Bonchev–Trinajstić information content (AvgIpc) is 2.74. The van der Waals surface area contributed by atoms with Gasteiger partial charge in [-0.1, -0.05) is 23.2 Å². The topological polar surface area (TPSA) is 12.5 Å². The number of rotatable bonds is 4. The number of ether oxygens (including phenoxy) is 1. The van der Waals surface area contributed by atoms with E-state index in [9.17, 15) is 0 Å². The highest BCUT2D eigenvalue weighted by Gasteiger charge is 2.11. The summed E-state index contributed by atoms with van der Waals surface area (Å²) in [5, 5.41) is 1.21. The zero-order valence-electron chi connectivity index (χ0n) is 9.09. The van der Waals surface area contributed by atoms with Gasteiger partial charge in [-0.3, -0.25) is 4.90 Å². The van der Waals surface area contributed by atoms with Crippen molar-refractivity contribution in [1.82, 2.24) is 4.90 Å². The minimum atomic E-state index is 0.578. The van der Waals surface area contributed by atoms with Crippen LogP contribution in [0.2, 0.25) is 10.0 Å². The molecule has 0 amide bonds. The van der Waals surface area contributed by atoms with E-state index in [1.165, 1.54) is 25.9 Å². The maximum atomic E-state index is 6.00. The molecule has 16 heavy (non-hydrogen) atoms. The predicted molar refractivity (Wildman–Crippen MR) is 67.6 cm³/mol. The number of halogens is 2. The van der Waals surface area contributed by atoms with Crippen LogP contribution in [0.5, 0.6) is 5.75 Å². The van der Waals surface area contributed by atoms with Gasteiger partial charge in [-0.15, -0.1) is 0 Å². The molecular formula is C12H15Cl2NO. The van der Waals surface area contributed by atoms with Crippen molar-refractivity contribution in [1.29, 1.82) is 0 Å². The van der Waals surface area contributed by atoms with Crippen molar-refractivity contribution in [3.63, 3.8) is 0 Å². The summed E-state index contributed by atoms with van der Waals surface area (Å²) in [5.74, 6) is 0.713. The van der Waals surface area contributed by atoms with E-state index in [-0.39, 0.29) is 0 Å². The van der Waals surface area contributed by atoms with E-state index in [2.05, 4.69) is 4.90 Å². The molecule has 0 unspecified atom stereocenters. The molecule has 0 radical (unpaired) electrons. The first-order valence-corrected chi connectivity index (χ1v) is 6.31. The molecule has 0 aliphatic carbocycles. The Bertz CT molecular complexity index is 351. The molecule has 4 heteroatoms. The zero-order chi connectivity index (χ0) is 11.4. The number of benzene rings is 1. The summed E-state index contributed by atoms with van der Waals surface area (Å²) in [7, 11) is 0. The molecule has 2 rings (SSSR count). The van der Waals surface area contributed by atoms with Gasteiger partial charge in [0.15, 0.2) is 0 Å². The third-order valence-electron chi connectivity index (χ3n) is 2.76. The van der Waals surface area contributed by atoms with Crippen molar-refractivity contribution in [2.75, 3.05) is 26.2 Å². The molecule has 0 N–H and O–H groups in total. The fraction of sp³-hybridized carbons (Fsp3) is 0.500. The van der Waals surface area contributed by atoms with Gasteiger partial charge in [0.2, 0.25) is 0 Å². The lowest BCUT2D eigenvalue weighted by Crippen LogP contribution is -2.25. The molecule has 1 aliphatic heterocycles.